The van der Waals surface area contributed by atoms with E-state index in [1.807, 2.05) is 30.3 Å². The first kappa shape index (κ1) is 16.7. The van der Waals surface area contributed by atoms with Gasteiger partial charge in [0.1, 0.15) is 0 Å². The highest BCUT2D eigenvalue weighted by molar-refractivity contribution is 7.71. The fourth-order valence-electron chi connectivity index (χ4n) is 2.29. The second-order valence-electron chi connectivity index (χ2n) is 5.05. The summed E-state index contributed by atoms with van der Waals surface area (Å²) in [5.74, 6) is 1.12. The summed E-state index contributed by atoms with van der Waals surface area (Å²) < 4.78 is 12.2. The van der Waals surface area contributed by atoms with Gasteiger partial charge in [-0.3, -0.25) is 0 Å². The number of methoxy groups -OCH3 is 2. The molecule has 0 aliphatic heterocycles. The molecule has 7 nitrogen and oxygen atoms in total. The molecule has 0 fully saturated rings. The number of phenols is 1. The van der Waals surface area contributed by atoms with Crippen molar-refractivity contribution in [2.24, 2.45) is 5.10 Å². The minimum absolute atomic E-state index is 0.0629. The molecule has 0 saturated heterocycles. The van der Waals surface area contributed by atoms with E-state index in [0.29, 0.717) is 27.7 Å². The molecular formula is C17H16N4O3S. The van der Waals surface area contributed by atoms with Crippen LogP contribution in [-0.2, 0) is 0 Å². The van der Waals surface area contributed by atoms with Crippen molar-refractivity contribution in [3.8, 4) is 28.6 Å². The molecule has 2 N–H and O–H groups in total. The smallest absolute Gasteiger partial charge is 0.216 e. The Morgan fingerprint density at radius 1 is 1.16 bits per heavy atom. The van der Waals surface area contributed by atoms with E-state index in [2.05, 4.69) is 15.3 Å². The molecule has 0 bridgehead atoms. The van der Waals surface area contributed by atoms with Crippen LogP contribution in [0.2, 0.25) is 0 Å². The van der Waals surface area contributed by atoms with E-state index < -0.39 is 0 Å². The molecule has 1 heterocycles. The number of hydrogen-bond acceptors (Lipinski definition) is 6. The number of aromatic hydroxyl groups is 1. The van der Waals surface area contributed by atoms with Gasteiger partial charge in [-0.2, -0.15) is 14.9 Å². The van der Waals surface area contributed by atoms with Crippen LogP contribution < -0.4 is 9.47 Å². The van der Waals surface area contributed by atoms with Crippen molar-refractivity contribution in [3.63, 3.8) is 0 Å². The quantitative estimate of drug-likeness (QED) is 0.542. The van der Waals surface area contributed by atoms with Crippen LogP contribution in [0.4, 0.5) is 0 Å². The molecule has 0 amide bonds. The zero-order valence-electron chi connectivity index (χ0n) is 13.6. The van der Waals surface area contributed by atoms with Gasteiger partial charge >= 0.3 is 0 Å². The summed E-state index contributed by atoms with van der Waals surface area (Å²) in [5, 5.41) is 21.3. The molecule has 128 valence electrons. The summed E-state index contributed by atoms with van der Waals surface area (Å²) in [7, 11) is 2.93. The van der Waals surface area contributed by atoms with Crippen molar-refractivity contribution in [2.75, 3.05) is 14.2 Å². The van der Waals surface area contributed by atoms with Crippen molar-refractivity contribution in [2.45, 2.75) is 0 Å². The molecular weight excluding hydrogens is 340 g/mol. The lowest BCUT2D eigenvalue weighted by Crippen LogP contribution is -1.96. The van der Waals surface area contributed by atoms with Gasteiger partial charge in [-0.15, -0.1) is 0 Å². The molecule has 0 spiro atoms. The number of H-pyrrole nitrogens is 1. The summed E-state index contributed by atoms with van der Waals surface area (Å²) in [5.41, 5.74) is 1.56. The van der Waals surface area contributed by atoms with Crippen LogP contribution in [0.15, 0.2) is 47.6 Å². The molecule has 0 unspecified atom stereocenters. The second kappa shape index (κ2) is 7.18. The number of aromatic amines is 1. The predicted octanol–water partition coefficient (Wildman–Crippen LogP) is 3.21. The minimum atomic E-state index is -0.0629. The largest absolute Gasteiger partial charge is 0.502 e. The maximum Gasteiger partial charge on any atom is 0.216 e. The standard InChI is InChI=1S/C17H16N4O3S/c1-23-13-8-11(9-14(24-2)15(13)22)10-18-21-16(19-20-17(21)25)12-6-4-3-5-7-12/h3-10,22H,1-2H3,(H,20,25)/b18-10+. The molecule has 1 aromatic heterocycles. The van der Waals surface area contributed by atoms with Crippen LogP contribution in [0.1, 0.15) is 5.56 Å². The molecule has 3 aromatic rings. The predicted molar refractivity (Wildman–Crippen MR) is 97.1 cm³/mol. The van der Waals surface area contributed by atoms with Gasteiger partial charge in [0.2, 0.25) is 10.5 Å². The van der Waals surface area contributed by atoms with Gasteiger partial charge in [-0.1, -0.05) is 30.3 Å². The molecule has 0 aliphatic carbocycles. The van der Waals surface area contributed by atoms with Crippen LogP contribution >= 0.6 is 12.2 Å². The number of nitrogens with zero attached hydrogens (tertiary/aromatic N) is 3. The first-order valence-electron chi connectivity index (χ1n) is 7.36. The maximum absolute atomic E-state index is 9.97. The Labute approximate surface area is 149 Å². The first-order chi connectivity index (χ1) is 12.1. The van der Waals surface area contributed by atoms with Crippen LogP contribution in [0.5, 0.6) is 17.2 Å². The Bertz CT molecular complexity index is 939. The summed E-state index contributed by atoms with van der Waals surface area (Å²) in [6.07, 6.45) is 1.59. The summed E-state index contributed by atoms with van der Waals surface area (Å²) in [6.45, 7) is 0. The number of rotatable bonds is 5. The molecule has 2 aromatic carbocycles. The van der Waals surface area contributed by atoms with Crippen LogP contribution in [0.3, 0.4) is 0 Å². The Hall–Kier alpha value is -3.13. The Morgan fingerprint density at radius 2 is 1.80 bits per heavy atom. The van der Waals surface area contributed by atoms with E-state index in [1.54, 1.807) is 18.3 Å². The Balaban J connectivity index is 2.01. The van der Waals surface area contributed by atoms with Crippen LogP contribution in [0, 0.1) is 4.77 Å². The molecule has 0 saturated carbocycles. The van der Waals surface area contributed by atoms with Crippen molar-refractivity contribution >= 4 is 18.4 Å². The fraction of sp³-hybridized carbons (Fsp3) is 0.118. The molecule has 0 aliphatic rings. The highest BCUT2D eigenvalue weighted by Crippen LogP contribution is 2.36. The van der Waals surface area contributed by atoms with E-state index in [4.69, 9.17) is 21.7 Å². The van der Waals surface area contributed by atoms with E-state index >= 15 is 0 Å². The maximum atomic E-state index is 9.97. The van der Waals surface area contributed by atoms with Crippen molar-refractivity contribution < 1.29 is 14.6 Å². The number of phenolic OH excluding ortho intramolecular Hbond substituents is 1. The molecule has 8 heteroatoms. The summed E-state index contributed by atoms with van der Waals surface area (Å²) in [4.78, 5) is 0. The zero-order valence-corrected chi connectivity index (χ0v) is 14.4. The van der Waals surface area contributed by atoms with Gasteiger partial charge in [0, 0.05) is 11.1 Å². The summed E-state index contributed by atoms with van der Waals surface area (Å²) in [6, 6.07) is 12.9. The molecule has 0 radical (unpaired) electrons. The third-order valence-electron chi connectivity index (χ3n) is 3.51. The minimum Gasteiger partial charge on any atom is -0.502 e. The van der Waals surface area contributed by atoms with Gasteiger partial charge < -0.3 is 14.6 Å². The first-order valence-corrected chi connectivity index (χ1v) is 7.77. The van der Waals surface area contributed by atoms with Crippen molar-refractivity contribution in [3.05, 3.63) is 52.8 Å². The van der Waals surface area contributed by atoms with Gasteiger partial charge in [-0.05, 0) is 24.4 Å². The number of nitrogens with one attached hydrogen (secondary N) is 1. The van der Waals surface area contributed by atoms with Gasteiger partial charge in [0.25, 0.3) is 0 Å². The highest BCUT2D eigenvalue weighted by atomic mass is 32.1. The SMILES string of the molecule is COc1cc(/C=N/n2c(-c3ccccc3)n[nH]c2=S)cc(OC)c1O. The van der Waals surface area contributed by atoms with Gasteiger partial charge in [0.15, 0.2) is 17.3 Å². The Kier molecular flexibility index (Phi) is 4.80. The molecule has 0 atom stereocenters. The van der Waals surface area contributed by atoms with E-state index in [1.165, 1.54) is 18.9 Å². The third-order valence-corrected chi connectivity index (χ3v) is 3.77. The van der Waals surface area contributed by atoms with E-state index in [0.717, 1.165) is 5.56 Å². The number of aromatic nitrogens is 3. The van der Waals surface area contributed by atoms with Crippen LogP contribution in [-0.4, -0.2) is 40.4 Å². The third kappa shape index (κ3) is 3.38. The lowest BCUT2D eigenvalue weighted by atomic mass is 10.2. The summed E-state index contributed by atoms with van der Waals surface area (Å²) >= 11 is 5.25. The van der Waals surface area contributed by atoms with Crippen molar-refractivity contribution in [1.82, 2.24) is 14.9 Å². The lowest BCUT2D eigenvalue weighted by Gasteiger charge is -2.09. The Morgan fingerprint density at radius 3 is 2.40 bits per heavy atom. The number of ether oxygens (including phenoxy) is 2. The average Bonchev–Trinajstić information content (AvgIpc) is 3.02. The van der Waals surface area contributed by atoms with Gasteiger partial charge in [-0.25, -0.2) is 5.10 Å². The molecule has 25 heavy (non-hydrogen) atoms. The van der Waals surface area contributed by atoms with Crippen LogP contribution in [0.25, 0.3) is 11.4 Å². The number of benzene rings is 2. The topological polar surface area (TPSA) is 84.7 Å². The van der Waals surface area contributed by atoms with E-state index in [-0.39, 0.29) is 5.75 Å². The number of hydrogen-bond donors (Lipinski definition) is 2. The van der Waals surface area contributed by atoms with Crippen molar-refractivity contribution in [1.29, 1.82) is 0 Å². The fourth-order valence-corrected chi connectivity index (χ4v) is 2.46. The zero-order chi connectivity index (χ0) is 17.8. The monoisotopic (exact) mass is 356 g/mol. The average molecular weight is 356 g/mol. The van der Waals surface area contributed by atoms with E-state index in [9.17, 15) is 5.11 Å². The lowest BCUT2D eigenvalue weighted by molar-refractivity contribution is 0.340. The highest BCUT2D eigenvalue weighted by Gasteiger charge is 2.11. The van der Waals surface area contributed by atoms with Gasteiger partial charge in [0.05, 0.1) is 20.4 Å². The molecule has 3 rings (SSSR count). The normalized spacial score (nSPS) is 11.0. The second-order valence-corrected chi connectivity index (χ2v) is 5.44.